The van der Waals surface area contributed by atoms with Crippen LogP contribution in [0.2, 0.25) is 0 Å². The van der Waals surface area contributed by atoms with Crippen molar-refractivity contribution in [3.05, 3.63) is 90.0 Å². The molecule has 3 rings (SSSR count). The van der Waals surface area contributed by atoms with E-state index in [1.165, 1.54) is 0 Å². The molecule has 0 saturated carbocycles. The van der Waals surface area contributed by atoms with Gasteiger partial charge in [-0.25, -0.2) is 4.79 Å². The van der Waals surface area contributed by atoms with Crippen LogP contribution in [0.3, 0.4) is 0 Å². The predicted octanol–water partition coefficient (Wildman–Crippen LogP) is 3.91. The van der Waals surface area contributed by atoms with Gasteiger partial charge in [-0.2, -0.15) is 0 Å². The van der Waals surface area contributed by atoms with Gasteiger partial charge < -0.3 is 14.2 Å². The van der Waals surface area contributed by atoms with Gasteiger partial charge in [-0.1, -0.05) is 36.4 Å². The van der Waals surface area contributed by atoms with Crippen LogP contribution in [0.25, 0.3) is 0 Å². The molecule has 3 aromatic carbocycles. The van der Waals surface area contributed by atoms with Crippen LogP contribution in [0.5, 0.6) is 17.2 Å². The molecule has 0 fully saturated rings. The molecule has 27 heavy (non-hydrogen) atoms. The fourth-order valence-corrected chi connectivity index (χ4v) is 2.42. The zero-order valence-electron chi connectivity index (χ0n) is 14.8. The van der Waals surface area contributed by atoms with Gasteiger partial charge in [-0.05, 0) is 36.4 Å². The molecular formula is C22H18O5. The second kappa shape index (κ2) is 8.67. The van der Waals surface area contributed by atoms with Gasteiger partial charge in [-0.3, -0.25) is 4.79 Å². The number of carbonyl (C=O) groups excluding carboxylic acids is 2. The molecule has 5 heteroatoms. The highest BCUT2D eigenvalue weighted by Crippen LogP contribution is 2.19. The Labute approximate surface area is 157 Å². The van der Waals surface area contributed by atoms with Crippen LogP contribution in [0.4, 0.5) is 0 Å². The average Bonchev–Trinajstić information content (AvgIpc) is 2.73. The minimum absolute atomic E-state index is 0.0881. The number of hydrogen-bond acceptors (Lipinski definition) is 5. The van der Waals surface area contributed by atoms with E-state index in [0.29, 0.717) is 28.4 Å². The number of hydrogen-bond donors (Lipinski definition) is 0. The minimum atomic E-state index is -0.542. The first-order chi connectivity index (χ1) is 13.2. The summed E-state index contributed by atoms with van der Waals surface area (Å²) in [4.78, 5) is 24.3. The fraction of sp³-hybridized carbons (Fsp3) is 0.0909. The normalized spacial score (nSPS) is 10.1. The Hall–Kier alpha value is -3.60. The summed E-state index contributed by atoms with van der Waals surface area (Å²) >= 11 is 0. The van der Waals surface area contributed by atoms with E-state index in [2.05, 4.69) is 0 Å². The third kappa shape index (κ3) is 4.95. The second-order valence-electron chi connectivity index (χ2n) is 5.66. The highest BCUT2D eigenvalue weighted by molar-refractivity contribution is 6.09. The highest BCUT2D eigenvalue weighted by Gasteiger charge is 2.10. The lowest BCUT2D eigenvalue weighted by atomic mass is 10.0. The quantitative estimate of drug-likeness (QED) is 0.362. The number of benzene rings is 3. The van der Waals surface area contributed by atoms with Gasteiger partial charge in [0.25, 0.3) is 0 Å². The van der Waals surface area contributed by atoms with Crippen molar-refractivity contribution in [2.45, 2.75) is 0 Å². The van der Waals surface area contributed by atoms with Gasteiger partial charge in [-0.15, -0.1) is 0 Å². The molecule has 0 aliphatic rings. The van der Waals surface area contributed by atoms with E-state index in [4.69, 9.17) is 14.2 Å². The summed E-state index contributed by atoms with van der Waals surface area (Å²) in [6.07, 6.45) is 0. The van der Waals surface area contributed by atoms with Crippen LogP contribution in [0.15, 0.2) is 78.9 Å². The summed E-state index contributed by atoms with van der Waals surface area (Å²) in [5.41, 5.74) is 1.13. The van der Waals surface area contributed by atoms with Crippen molar-refractivity contribution in [3.8, 4) is 17.2 Å². The van der Waals surface area contributed by atoms with E-state index >= 15 is 0 Å². The average molecular weight is 362 g/mol. The molecule has 0 N–H and O–H groups in total. The molecule has 0 aliphatic heterocycles. The number of ether oxygens (including phenoxy) is 3. The van der Waals surface area contributed by atoms with Crippen LogP contribution < -0.4 is 14.2 Å². The lowest BCUT2D eigenvalue weighted by Gasteiger charge is -2.08. The summed E-state index contributed by atoms with van der Waals surface area (Å²) in [6.45, 7) is -0.238. The molecule has 0 aromatic heterocycles. The first-order valence-corrected chi connectivity index (χ1v) is 8.33. The van der Waals surface area contributed by atoms with Gasteiger partial charge in [0.05, 0.1) is 7.11 Å². The van der Waals surface area contributed by atoms with E-state index in [-0.39, 0.29) is 12.4 Å². The molecule has 0 radical (unpaired) electrons. The van der Waals surface area contributed by atoms with Crippen molar-refractivity contribution >= 4 is 11.8 Å². The molecule has 0 atom stereocenters. The first-order valence-electron chi connectivity index (χ1n) is 8.33. The molecule has 3 aromatic rings. The molecule has 0 aliphatic carbocycles. The smallest absolute Gasteiger partial charge is 0.349 e. The van der Waals surface area contributed by atoms with Crippen molar-refractivity contribution in [2.24, 2.45) is 0 Å². The number of methoxy groups -OCH3 is 1. The molecule has 0 spiro atoms. The van der Waals surface area contributed by atoms with E-state index in [9.17, 15) is 9.59 Å². The van der Waals surface area contributed by atoms with Gasteiger partial charge >= 0.3 is 5.97 Å². The largest absolute Gasteiger partial charge is 0.497 e. The lowest BCUT2D eigenvalue weighted by molar-refractivity contribution is -0.136. The topological polar surface area (TPSA) is 61.8 Å². The number of rotatable bonds is 7. The van der Waals surface area contributed by atoms with Gasteiger partial charge in [0.2, 0.25) is 0 Å². The van der Waals surface area contributed by atoms with Gasteiger partial charge in [0.15, 0.2) is 12.4 Å². The Morgan fingerprint density at radius 3 is 2.11 bits per heavy atom. The van der Waals surface area contributed by atoms with Crippen LogP contribution in [-0.4, -0.2) is 25.5 Å². The van der Waals surface area contributed by atoms with Crippen molar-refractivity contribution in [1.82, 2.24) is 0 Å². The summed E-state index contributed by atoms with van der Waals surface area (Å²) in [7, 11) is 1.56. The molecule has 136 valence electrons. The SMILES string of the molecule is COc1cccc(OCC(=O)Oc2ccc(C(=O)c3ccccc3)cc2)c1. The maximum absolute atomic E-state index is 12.4. The van der Waals surface area contributed by atoms with Crippen molar-refractivity contribution < 1.29 is 23.8 Å². The van der Waals surface area contributed by atoms with Crippen LogP contribution in [0.1, 0.15) is 15.9 Å². The lowest BCUT2D eigenvalue weighted by Crippen LogP contribution is -2.17. The van der Waals surface area contributed by atoms with Crippen LogP contribution >= 0.6 is 0 Å². The monoisotopic (exact) mass is 362 g/mol. The van der Waals surface area contributed by atoms with Crippen LogP contribution in [-0.2, 0) is 4.79 Å². The number of carbonyl (C=O) groups is 2. The van der Waals surface area contributed by atoms with E-state index in [1.807, 2.05) is 18.2 Å². The molecular weight excluding hydrogens is 344 g/mol. The Bertz CT molecular complexity index is 917. The summed E-state index contributed by atoms with van der Waals surface area (Å²) in [5, 5.41) is 0. The van der Waals surface area contributed by atoms with E-state index in [1.54, 1.807) is 67.8 Å². The zero-order chi connectivity index (χ0) is 19.1. The Morgan fingerprint density at radius 1 is 0.741 bits per heavy atom. The highest BCUT2D eigenvalue weighted by atomic mass is 16.6. The van der Waals surface area contributed by atoms with E-state index in [0.717, 1.165) is 0 Å². The molecule has 0 unspecified atom stereocenters. The molecule has 5 nitrogen and oxygen atoms in total. The third-order valence-electron chi connectivity index (χ3n) is 3.78. The minimum Gasteiger partial charge on any atom is -0.497 e. The maximum Gasteiger partial charge on any atom is 0.349 e. The summed E-state index contributed by atoms with van der Waals surface area (Å²) in [5.74, 6) is 0.864. The van der Waals surface area contributed by atoms with Crippen molar-refractivity contribution in [3.63, 3.8) is 0 Å². The number of ketones is 1. The van der Waals surface area contributed by atoms with Crippen LogP contribution in [0, 0.1) is 0 Å². The first kappa shape index (κ1) is 18.2. The Morgan fingerprint density at radius 2 is 1.41 bits per heavy atom. The standard InChI is InChI=1S/C22H18O5/c1-25-19-8-5-9-20(14-19)26-15-21(23)27-18-12-10-17(11-13-18)22(24)16-6-3-2-4-7-16/h2-14H,15H2,1H3. The fourth-order valence-electron chi connectivity index (χ4n) is 2.42. The summed E-state index contributed by atoms with van der Waals surface area (Å²) < 4.78 is 15.7. The molecule has 0 saturated heterocycles. The second-order valence-corrected chi connectivity index (χ2v) is 5.66. The Kier molecular flexibility index (Phi) is 5.84. The predicted molar refractivity (Wildman–Crippen MR) is 100 cm³/mol. The van der Waals surface area contributed by atoms with Crippen molar-refractivity contribution in [1.29, 1.82) is 0 Å². The maximum atomic E-state index is 12.4. The van der Waals surface area contributed by atoms with Gasteiger partial charge in [0.1, 0.15) is 17.2 Å². The molecule has 0 bridgehead atoms. The van der Waals surface area contributed by atoms with E-state index < -0.39 is 5.97 Å². The zero-order valence-corrected chi connectivity index (χ0v) is 14.8. The third-order valence-corrected chi connectivity index (χ3v) is 3.78. The molecule has 0 amide bonds. The summed E-state index contributed by atoms with van der Waals surface area (Å²) in [6, 6.07) is 22.4. The Balaban J connectivity index is 1.56. The molecule has 0 heterocycles. The van der Waals surface area contributed by atoms with Gasteiger partial charge in [0, 0.05) is 17.2 Å². The number of esters is 1. The van der Waals surface area contributed by atoms with Crippen molar-refractivity contribution in [2.75, 3.05) is 13.7 Å².